The molecule has 0 bridgehead atoms. The van der Waals surface area contributed by atoms with Crippen molar-refractivity contribution in [3.8, 4) is 5.75 Å². The van der Waals surface area contributed by atoms with E-state index in [-0.39, 0.29) is 11.7 Å². The molecule has 0 radical (unpaired) electrons. The molecule has 4 nitrogen and oxygen atoms in total. The zero-order valence-electron chi connectivity index (χ0n) is 13.9. The summed E-state index contributed by atoms with van der Waals surface area (Å²) < 4.78 is 19.2. The van der Waals surface area contributed by atoms with E-state index in [4.69, 9.17) is 4.74 Å². The summed E-state index contributed by atoms with van der Waals surface area (Å²) in [6.07, 6.45) is 0.946. The number of thioether (sulfide) groups is 1. The van der Waals surface area contributed by atoms with Gasteiger partial charge < -0.3 is 10.1 Å². The highest BCUT2D eigenvalue weighted by Gasteiger charge is 2.18. The number of hydrogen-bond acceptors (Lipinski definition) is 4. The second-order valence-electron chi connectivity index (χ2n) is 5.37. The number of carbonyl (C=O) groups is 2. The molecule has 1 N–H and O–H groups in total. The van der Waals surface area contributed by atoms with Crippen molar-refractivity contribution in [2.24, 2.45) is 0 Å². The van der Waals surface area contributed by atoms with Gasteiger partial charge in [-0.1, -0.05) is 42.1 Å². The zero-order chi connectivity index (χ0) is 18.1. The standard InChI is InChI=1S/C19H20FNO3S/c1-21-19(23)18(25-13-22)12-14-6-8-16(9-7-14)24-11-10-15-4-2-3-5-17(15)20/h2-9,13,18H,10-12H2,1H3,(H,21,23). The summed E-state index contributed by atoms with van der Waals surface area (Å²) >= 11 is 0.962. The third-order valence-corrected chi connectivity index (χ3v) is 4.52. The van der Waals surface area contributed by atoms with Crippen LogP contribution in [0.5, 0.6) is 5.75 Å². The van der Waals surface area contributed by atoms with Crippen LogP contribution >= 0.6 is 11.8 Å². The highest BCUT2D eigenvalue weighted by molar-refractivity contribution is 8.13. The third-order valence-electron chi connectivity index (χ3n) is 3.70. The average Bonchev–Trinajstić information content (AvgIpc) is 2.63. The molecule has 0 spiro atoms. The highest BCUT2D eigenvalue weighted by atomic mass is 32.2. The molecule has 2 aromatic rings. The van der Waals surface area contributed by atoms with Gasteiger partial charge in [-0.3, -0.25) is 9.59 Å². The Morgan fingerprint density at radius 3 is 2.60 bits per heavy atom. The largest absolute Gasteiger partial charge is 0.493 e. The van der Waals surface area contributed by atoms with Crippen LogP contribution in [0.25, 0.3) is 0 Å². The van der Waals surface area contributed by atoms with Gasteiger partial charge in [-0.2, -0.15) is 0 Å². The summed E-state index contributed by atoms with van der Waals surface area (Å²) in [5.74, 6) is 0.274. The summed E-state index contributed by atoms with van der Waals surface area (Å²) in [7, 11) is 1.55. The topological polar surface area (TPSA) is 55.4 Å². The van der Waals surface area contributed by atoms with Crippen LogP contribution in [-0.4, -0.2) is 30.4 Å². The van der Waals surface area contributed by atoms with Gasteiger partial charge in [-0.25, -0.2) is 4.39 Å². The summed E-state index contributed by atoms with van der Waals surface area (Å²) in [5.41, 5.74) is 2.24. The van der Waals surface area contributed by atoms with E-state index in [1.165, 1.54) is 6.07 Å². The van der Waals surface area contributed by atoms with Crippen molar-refractivity contribution in [2.75, 3.05) is 13.7 Å². The van der Waals surface area contributed by atoms with E-state index < -0.39 is 5.25 Å². The van der Waals surface area contributed by atoms with Gasteiger partial charge in [0.1, 0.15) is 11.6 Å². The maximum Gasteiger partial charge on any atom is 0.233 e. The molecule has 0 aliphatic rings. The minimum atomic E-state index is -0.449. The van der Waals surface area contributed by atoms with Crippen molar-refractivity contribution in [1.29, 1.82) is 0 Å². The Morgan fingerprint density at radius 1 is 1.24 bits per heavy atom. The van der Waals surface area contributed by atoms with E-state index in [9.17, 15) is 14.0 Å². The first-order valence-corrected chi connectivity index (χ1v) is 8.84. The van der Waals surface area contributed by atoms with Crippen LogP contribution in [0.1, 0.15) is 11.1 Å². The smallest absolute Gasteiger partial charge is 0.233 e. The number of halogens is 1. The maximum atomic E-state index is 13.5. The Bertz CT molecular complexity index is 706. The molecule has 6 heteroatoms. The number of nitrogens with one attached hydrogen (secondary N) is 1. The van der Waals surface area contributed by atoms with E-state index >= 15 is 0 Å². The predicted octanol–water partition coefficient (Wildman–Crippen LogP) is 3.03. The molecule has 0 aliphatic carbocycles. The quantitative estimate of drug-likeness (QED) is 0.698. The van der Waals surface area contributed by atoms with Gasteiger partial charge in [-0.05, 0) is 35.7 Å². The lowest BCUT2D eigenvalue weighted by atomic mass is 10.1. The fraction of sp³-hybridized carbons (Fsp3) is 0.263. The van der Waals surface area contributed by atoms with E-state index in [0.29, 0.717) is 36.4 Å². The van der Waals surface area contributed by atoms with Crippen LogP contribution in [0, 0.1) is 5.82 Å². The molecular formula is C19H20FNO3S. The Hall–Kier alpha value is -2.34. The number of amides is 1. The van der Waals surface area contributed by atoms with Gasteiger partial charge in [-0.15, -0.1) is 0 Å². The Kier molecular flexibility index (Phi) is 7.47. The van der Waals surface area contributed by atoms with E-state index in [1.54, 1.807) is 25.2 Å². The van der Waals surface area contributed by atoms with Crippen molar-refractivity contribution in [3.63, 3.8) is 0 Å². The first-order chi connectivity index (χ1) is 12.1. The Morgan fingerprint density at radius 2 is 1.96 bits per heavy atom. The molecule has 132 valence electrons. The van der Waals surface area contributed by atoms with Crippen molar-refractivity contribution >= 4 is 23.3 Å². The molecule has 25 heavy (non-hydrogen) atoms. The zero-order valence-corrected chi connectivity index (χ0v) is 14.7. The Balaban J connectivity index is 1.87. The molecule has 2 aromatic carbocycles. The van der Waals surface area contributed by atoms with Crippen LogP contribution in [0.3, 0.4) is 0 Å². The predicted molar refractivity (Wildman–Crippen MR) is 97.9 cm³/mol. The van der Waals surface area contributed by atoms with Crippen LogP contribution in [-0.2, 0) is 22.4 Å². The van der Waals surface area contributed by atoms with E-state index in [0.717, 1.165) is 17.3 Å². The van der Waals surface area contributed by atoms with Gasteiger partial charge in [0.15, 0.2) is 5.62 Å². The molecule has 1 amide bonds. The van der Waals surface area contributed by atoms with Crippen molar-refractivity contribution in [1.82, 2.24) is 5.32 Å². The fourth-order valence-electron chi connectivity index (χ4n) is 2.35. The average molecular weight is 361 g/mol. The number of ether oxygens (including phenoxy) is 1. The molecule has 0 saturated heterocycles. The molecular weight excluding hydrogens is 341 g/mol. The van der Waals surface area contributed by atoms with Gasteiger partial charge >= 0.3 is 0 Å². The number of rotatable bonds is 9. The molecule has 1 unspecified atom stereocenters. The lowest BCUT2D eigenvalue weighted by Crippen LogP contribution is -2.31. The van der Waals surface area contributed by atoms with E-state index in [2.05, 4.69) is 5.32 Å². The lowest BCUT2D eigenvalue weighted by molar-refractivity contribution is -0.120. The lowest BCUT2D eigenvalue weighted by Gasteiger charge is -2.12. The van der Waals surface area contributed by atoms with Crippen LogP contribution in [0.4, 0.5) is 4.39 Å². The molecule has 0 fully saturated rings. The molecule has 1 atom stereocenters. The first kappa shape index (κ1) is 19.0. The molecule has 0 aliphatic heterocycles. The first-order valence-electron chi connectivity index (χ1n) is 7.90. The SMILES string of the molecule is CNC(=O)C(Cc1ccc(OCCc2ccccc2F)cc1)SC=O. The minimum absolute atomic E-state index is 0.178. The second kappa shape index (κ2) is 9.84. The van der Waals surface area contributed by atoms with Gasteiger partial charge in [0, 0.05) is 13.5 Å². The summed E-state index contributed by atoms with van der Waals surface area (Å²) in [5, 5.41) is 2.11. The van der Waals surface area contributed by atoms with Gasteiger partial charge in [0.25, 0.3) is 0 Å². The van der Waals surface area contributed by atoms with Crippen LogP contribution in [0.2, 0.25) is 0 Å². The summed E-state index contributed by atoms with van der Waals surface area (Å²) in [6, 6.07) is 14.0. The Labute approximate surface area is 150 Å². The van der Waals surface area contributed by atoms with Crippen LogP contribution in [0.15, 0.2) is 48.5 Å². The second-order valence-corrected chi connectivity index (χ2v) is 6.41. The van der Waals surface area contributed by atoms with Crippen LogP contribution < -0.4 is 10.1 Å². The highest BCUT2D eigenvalue weighted by Crippen LogP contribution is 2.18. The monoisotopic (exact) mass is 361 g/mol. The summed E-state index contributed by atoms with van der Waals surface area (Å²) in [4.78, 5) is 22.4. The van der Waals surface area contributed by atoms with Crippen molar-refractivity contribution < 1.29 is 18.7 Å². The number of benzene rings is 2. The molecule has 0 heterocycles. The van der Waals surface area contributed by atoms with E-state index in [1.807, 2.05) is 24.3 Å². The van der Waals surface area contributed by atoms with Crippen molar-refractivity contribution in [2.45, 2.75) is 18.1 Å². The summed E-state index contributed by atoms with van der Waals surface area (Å²) in [6.45, 7) is 0.377. The maximum absolute atomic E-state index is 13.5. The minimum Gasteiger partial charge on any atom is -0.493 e. The van der Waals surface area contributed by atoms with Crippen molar-refractivity contribution in [3.05, 3.63) is 65.5 Å². The number of carbonyl (C=O) groups excluding carboxylic acids is 2. The van der Waals surface area contributed by atoms with Gasteiger partial charge in [0.05, 0.1) is 11.9 Å². The number of hydrogen-bond donors (Lipinski definition) is 1. The third kappa shape index (κ3) is 5.90. The molecule has 0 saturated carbocycles. The normalized spacial score (nSPS) is 11.6. The fourth-order valence-corrected chi connectivity index (χ4v) is 3.01. The van der Waals surface area contributed by atoms with Gasteiger partial charge in [0.2, 0.25) is 5.91 Å². The molecule has 0 aromatic heterocycles. The molecule has 2 rings (SSSR count).